The number of anilines is 1. The number of benzene rings is 2. The maximum Gasteiger partial charge on any atom is 0.268 e. The van der Waals surface area contributed by atoms with Crippen LogP contribution in [0, 0.1) is 6.92 Å². The highest BCUT2D eigenvalue weighted by Crippen LogP contribution is 2.37. The lowest BCUT2D eigenvalue weighted by atomic mass is 10.0. The maximum atomic E-state index is 13.7. The Morgan fingerprint density at radius 2 is 2.04 bits per heavy atom. The number of hydrogen-bond donors (Lipinski definition) is 0. The van der Waals surface area contributed by atoms with Crippen LogP contribution < -0.4 is 9.04 Å². The van der Waals surface area contributed by atoms with Gasteiger partial charge in [-0.2, -0.15) is 0 Å². The summed E-state index contributed by atoms with van der Waals surface area (Å²) in [5.41, 5.74) is 3.37. The van der Waals surface area contributed by atoms with Gasteiger partial charge >= 0.3 is 0 Å². The first kappa shape index (κ1) is 19.0. The molecule has 1 aliphatic rings. The molecule has 0 spiro atoms. The molecule has 0 atom stereocenters. The molecule has 146 valence electrons. The molecule has 0 radical (unpaired) electrons. The van der Waals surface area contributed by atoms with Gasteiger partial charge in [0, 0.05) is 17.5 Å². The van der Waals surface area contributed by atoms with Gasteiger partial charge in [-0.05, 0) is 56.5 Å². The molecule has 0 aliphatic carbocycles. The summed E-state index contributed by atoms with van der Waals surface area (Å²) in [5.74, 6) is 0.376. The Morgan fingerprint density at radius 3 is 2.79 bits per heavy atom. The van der Waals surface area contributed by atoms with Crippen LogP contribution in [0.2, 0.25) is 0 Å². The van der Waals surface area contributed by atoms with Crippen LogP contribution in [0.1, 0.15) is 23.9 Å². The molecule has 0 N–H and O–H groups in total. The molecule has 5 nitrogen and oxygen atoms in total. The fraction of sp³-hybridized carbons (Fsp3) is 0.286. The number of para-hydroxylation sites is 1. The van der Waals surface area contributed by atoms with Gasteiger partial charge < -0.3 is 4.74 Å². The summed E-state index contributed by atoms with van der Waals surface area (Å²) in [6.07, 6.45) is 1.68. The fourth-order valence-corrected chi connectivity index (χ4v) is 5.83. The van der Waals surface area contributed by atoms with E-state index < -0.39 is 10.0 Å². The van der Waals surface area contributed by atoms with Crippen molar-refractivity contribution in [2.75, 3.05) is 17.5 Å². The number of ether oxygens (including phenoxy) is 1. The fourth-order valence-electron chi connectivity index (χ4n) is 3.51. The lowest BCUT2D eigenvalue weighted by Crippen LogP contribution is -2.35. The molecule has 0 fully saturated rings. The van der Waals surface area contributed by atoms with E-state index >= 15 is 0 Å². The van der Waals surface area contributed by atoms with Crippen molar-refractivity contribution in [3.05, 3.63) is 58.4 Å². The zero-order chi connectivity index (χ0) is 19.7. The van der Waals surface area contributed by atoms with Crippen molar-refractivity contribution in [1.82, 2.24) is 4.98 Å². The topological polar surface area (TPSA) is 59.5 Å². The van der Waals surface area contributed by atoms with Crippen molar-refractivity contribution in [3.8, 4) is 17.0 Å². The quantitative estimate of drug-likeness (QED) is 0.609. The molecule has 7 heteroatoms. The highest BCUT2D eigenvalue weighted by molar-refractivity contribution is 7.93. The molecule has 28 heavy (non-hydrogen) atoms. The van der Waals surface area contributed by atoms with Crippen molar-refractivity contribution in [1.29, 1.82) is 0 Å². The molecular weight excluding hydrogens is 392 g/mol. The Hall–Kier alpha value is -2.38. The highest BCUT2D eigenvalue weighted by Gasteiger charge is 2.31. The van der Waals surface area contributed by atoms with E-state index in [4.69, 9.17) is 4.74 Å². The van der Waals surface area contributed by atoms with Gasteiger partial charge in [0.1, 0.15) is 10.6 Å². The molecule has 2 heterocycles. The third-order valence-corrected chi connectivity index (χ3v) is 7.40. The van der Waals surface area contributed by atoms with E-state index in [1.807, 2.05) is 49.6 Å². The summed E-state index contributed by atoms with van der Waals surface area (Å²) < 4.78 is 34.5. The van der Waals surface area contributed by atoms with Crippen molar-refractivity contribution < 1.29 is 13.2 Å². The van der Waals surface area contributed by atoms with Gasteiger partial charge in [0.05, 0.1) is 23.0 Å². The number of hydrogen-bond acceptors (Lipinski definition) is 5. The first-order valence-electron chi connectivity index (χ1n) is 9.30. The molecule has 0 amide bonds. The van der Waals surface area contributed by atoms with E-state index in [2.05, 4.69) is 4.98 Å². The molecule has 3 aromatic rings. The van der Waals surface area contributed by atoms with E-state index in [1.165, 1.54) is 4.31 Å². The number of sulfonamides is 1. The van der Waals surface area contributed by atoms with Crippen LogP contribution in [0.25, 0.3) is 11.3 Å². The first-order valence-corrected chi connectivity index (χ1v) is 11.6. The van der Waals surface area contributed by atoms with Gasteiger partial charge in [-0.15, -0.1) is 11.3 Å². The molecule has 0 bridgehead atoms. The van der Waals surface area contributed by atoms with Crippen LogP contribution in [0.4, 0.5) is 5.69 Å². The minimum absolute atomic E-state index is 0.189. The minimum atomic E-state index is -3.77. The van der Waals surface area contributed by atoms with Gasteiger partial charge in [-0.1, -0.05) is 18.2 Å². The van der Waals surface area contributed by atoms with Crippen LogP contribution in [0.3, 0.4) is 0 Å². The van der Waals surface area contributed by atoms with Gasteiger partial charge in [-0.3, -0.25) is 4.31 Å². The standard InChI is InChI=1S/C21H22N2O3S2/c1-3-26-20-11-10-17(18-14-27-15(2)22-18)13-21(20)28(24,25)23-12-6-8-16-7-4-5-9-19(16)23/h4-5,7,9-11,13-14H,3,6,8,12H2,1-2H3. The maximum absolute atomic E-state index is 13.7. The van der Waals surface area contributed by atoms with Gasteiger partial charge in [0.15, 0.2) is 0 Å². The second-order valence-electron chi connectivity index (χ2n) is 6.66. The number of aryl methyl sites for hydroxylation is 2. The Kier molecular flexibility index (Phi) is 5.12. The van der Waals surface area contributed by atoms with Gasteiger partial charge in [0.2, 0.25) is 0 Å². The molecule has 0 saturated carbocycles. The van der Waals surface area contributed by atoms with E-state index in [0.717, 1.165) is 40.4 Å². The van der Waals surface area contributed by atoms with Crippen LogP contribution in [-0.4, -0.2) is 26.6 Å². The zero-order valence-corrected chi connectivity index (χ0v) is 17.5. The third kappa shape index (κ3) is 3.40. The number of fused-ring (bicyclic) bond motifs is 1. The molecule has 0 unspecified atom stereocenters. The van der Waals surface area contributed by atoms with E-state index in [1.54, 1.807) is 23.5 Å². The summed E-state index contributed by atoms with van der Waals surface area (Å²) in [7, 11) is -3.77. The van der Waals surface area contributed by atoms with Crippen molar-refractivity contribution >= 4 is 27.0 Å². The summed E-state index contributed by atoms with van der Waals surface area (Å²) in [5, 5.41) is 2.88. The lowest BCUT2D eigenvalue weighted by molar-refractivity contribution is 0.331. The smallest absolute Gasteiger partial charge is 0.268 e. The number of thiazole rings is 1. The van der Waals surface area contributed by atoms with Crippen LogP contribution >= 0.6 is 11.3 Å². The highest BCUT2D eigenvalue weighted by atomic mass is 32.2. The second-order valence-corrected chi connectivity index (χ2v) is 9.55. The molecule has 4 rings (SSSR count). The molecule has 1 aromatic heterocycles. The number of rotatable bonds is 5. The van der Waals surface area contributed by atoms with Crippen molar-refractivity contribution in [2.45, 2.75) is 31.6 Å². The van der Waals surface area contributed by atoms with Crippen LogP contribution in [0.15, 0.2) is 52.7 Å². The Morgan fingerprint density at radius 1 is 1.21 bits per heavy atom. The molecule has 1 aliphatic heterocycles. The molecule has 2 aromatic carbocycles. The Labute approximate surface area is 169 Å². The summed E-state index contributed by atoms with van der Waals surface area (Å²) in [6.45, 7) is 4.65. The van der Waals surface area contributed by atoms with Gasteiger partial charge in [0.25, 0.3) is 10.0 Å². The summed E-state index contributed by atoms with van der Waals surface area (Å²) >= 11 is 1.54. The lowest BCUT2D eigenvalue weighted by Gasteiger charge is -2.31. The van der Waals surface area contributed by atoms with Crippen molar-refractivity contribution in [3.63, 3.8) is 0 Å². The van der Waals surface area contributed by atoms with E-state index in [0.29, 0.717) is 18.9 Å². The number of aromatic nitrogens is 1. The largest absolute Gasteiger partial charge is 0.492 e. The monoisotopic (exact) mass is 414 g/mol. The van der Waals surface area contributed by atoms with Crippen molar-refractivity contribution in [2.24, 2.45) is 0 Å². The first-order chi connectivity index (χ1) is 13.5. The van der Waals surface area contributed by atoms with Crippen LogP contribution in [0.5, 0.6) is 5.75 Å². The molecular formula is C21H22N2O3S2. The molecule has 0 saturated heterocycles. The minimum Gasteiger partial charge on any atom is -0.492 e. The van der Waals surface area contributed by atoms with E-state index in [-0.39, 0.29) is 4.90 Å². The second kappa shape index (κ2) is 7.56. The Balaban J connectivity index is 1.84. The number of nitrogens with zero attached hydrogens (tertiary/aromatic N) is 2. The van der Waals surface area contributed by atoms with E-state index in [9.17, 15) is 8.42 Å². The average molecular weight is 415 g/mol. The predicted molar refractivity (Wildman–Crippen MR) is 113 cm³/mol. The summed E-state index contributed by atoms with van der Waals surface area (Å²) in [6, 6.07) is 13.0. The van der Waals surface area contributed by atoms with Crippen LogP contribution in [-0.2, 0) is 16.4 Å². The normalized spacial score (nSPS) is 14.0. The average Bonchev–Trinajstić information content (AvgIpc) is 3.14. The Bertz CT molecular complexity index is 1110. The third-order valence-electron chi connectivity index (χ3n) is 4.79. The SMILES string of the molecule is CCOc1ccc(-c2csc(C)n2)cc1S(=O)(=O)N1CCCc2ccccc21. The summed E-state index contributed by atoms with van der Waals surface area (Å²) in [4.78, 5) is 4.69. The predicted octanol–water partition coefficient (Wildman–Crippen LogP) is 4.66. The zero-order valence-electron chi connectivity index (χ0n) is 15.9. The van der Waals surface area contributed by atoms with Gasteiger partial charge in [-0.25, -0.2) is 13.4 Å².